The molecule has 0 unspecified atom stereocenters. The van der Waals surface area contributed by atoms with Crippen LogP contribution in [-0.4, -0.2) is 22.9 Å². The summed E-state index contributed by atoms with van der Waals surface area (Å²) >= 11 is 0. The van der Waals surface area contributed by atoms with Gasteiger partial charge in [-0.25, -0.2) is 9.59 Å². The number of benzene rings is 1. The number of methoxy groups -OCH3 is 1. The van der Waals surface area contributed by atoms with Gasteiger partial charge in [0, 0.05) is 29.3 Å². The summed E-state index contributed by atoms with van der Waals surface area (Å²) in [5.41, 5.74) is 0.890. The molecule has 1 saturated carbocycles. The molecule has 1 aliphatic rings. The largest absolute Gasteiger partial charge is 0.497 e. The van der Waals surface area contributed by atoms with Gasteiger partial charge in [-0.05, 0) is 25.0 Å². The number of esters is 1. The highest BCUT2D eigenvalue weighted by molar-refractivity contribution is 5.89. The standard InChI is InChI=1S/C21H22N2O5/c1-26-17-7-8-18-14(9-20(24)28-19(18)10-17)13-27-21(25)15-11-22-23(12-15)16-5-3-2-4-6-16/h7-12,16H,2-6,13H2,1H3. The molecule has 2 aromatic heterocycles. The quantitative estimate of drug-likeness (QED) is 0.492. The van der Waals surface area contributed by atoms with Crippen molar-refractivity contribution < 1.29 is 18.7 Å². The lowest BCUT2D eigenvalue weighted by Crippen LogP contribution is -2.13. The van der Waals surface area contributed by atoms with E-state index in [-0.39, 0.29) is 6.61 Å². The van der Waals surface area contributed by atoms with Gasteiger partial charge in [-0.15, -0.1) is 0 Å². The van der Waals surface area contributed by atoms with Crippen molar-refractivity contribution in [3.8, 4) is 5.75 Å². The predicted octanol–water partition coefficient (Wildman–Crippen LogP) is 3.86. The number of hydrogen-bond donors (Lipinski definition) is 0. The summed E-state index contributed by atoms with van der Waals surface area (Å²) in [5.74, 6) is 0.122. The first kappa shape index (κ1) is 18.3. The zero-order valence-corrected chi connectivity index (χ0v) is 15.7. The second kappa shape index (κ2) is 7.88. The van der Waals surface area contributed by atoms with E-state index >= 15 is 0 Å². The summed E-state index contributed by atoms with van der Waals surface area (Å²) < 4.78 is 17.7. The topological polar surface area (TPSA) is 83.6 Å². The third kappa shape index (κ3) is 3.78. The van der Waals surface area contributed by atoms with Crippen LogP contribution in [0.5, 0.6) is 5.75 Å². The molecule has 0 N–H and O–H groups in total. The van der Waals surface area contributed by atoms with Crippen LogP contribution in [0.15, 0.2) is 45.9 Å². The normalized spacial score (nSPS) is 14.9. The molecular weight excluding hydrogens is 360 g/mol. The molecule has 0 radical (unpaired) electrons. The Morgan fingerprint density at radius 1 is 1.25 bits per heavy atom. The maximum atomic E-state index is 12.4. The number of fused-ring (bicyclic) bond motifs is 1. The summed E-state index contributed by atoms with van der Waals surface area (Å²) in [6, 6.07) is 6.88. The molecule has 0 spiro atoms. The van der Waals surface area contributed by atoms with Crippen LogP contribution in [0, 0.1) is 0 Å². The Hall–Kier alpha value is -3.09. The first-order chi connectivity index (χ1) is 13.6. The molecule has 1 aliphatic carbocycles. The van der Waals surface area contributed by atoms with Gasteiger partial charge in [0.1, 0.15) is 17.9 Å². The van der Waals surface area contributed by atoms with E-state index in [9.17, 15) is 9.59 Å². The van der Waals surface area contributed by atoms with Crippen molar-refractivity contribution in [2.75, 3.05) is 7.11 Å². The molecule has 7 nitrogen and oxygen atoms in total. The van der Waals surface area contributed by atoms with Crippen molar-refractivity contribution >= 4 is 16.9 Å². The average molecular weight is 382 g/mol. The fraction of sp³-hybridized carbons (Fsp3) is 0.381. The Balaban J connectivity index is 1.49. The third-order valence-corrected chi connectivity index (χ3v) is 5.18. The molecule has 1 fully saturated rings. The maximum Gasteiger partial charge on any atom is 0.341 e. The van der Waals surface area contributed by atoms with Crippen LogP contribution in [-0.2, 0) is 11.3 Å². The lowest BCUT2D eigenvalue weighted by Gasteiger charge is -2.21. The van der Waals surface area contributed by atoms with Gasteiger partial charge < -0.3 is 13.9 Å². The van der Waals surface area contributed by atoms with Gasteiger partial charge in [-0.3, -0.25) is 4.68 Å². The molecule has 0 atom stereocenters. The van der Waals surface area contributed by atoms with Gasteiger partial charge in [0.2, 0.25) is 0 Å². The number of hydrogen-bond acceptors (Lipinski definition) is 6. The Morgan fingerprint density at radius 2 is 2.07 bits per heavy atom. The lowest BCUT2D eigenvalue weighted by molar-refractivity contribution is 0.0473. The number of nitrogens with zero attached hydrogens (tertiary/aromatic N) is 2. The summed E-state index contributed by atoms with van der Waals surface area (Å²) in [5, 5.41) is 5.04. The van der Waals surface area contributed by atoms with Gasteiger partial charge in [0.25, 0.3) is 0 Å². The molecule has 0 saturated heterocycles. The molecule has 1 aromatic carbocycles. The third-order valence-electron chi connectivity index (χ3n) is 5.18. The van der Waals surface area contributed by atoms with Crippen molar-refractivity contribution in [1.29, 1.82) is 0 Å². The molecular formula is C21H22N2O5. The van der Waals surface area contributed by atoms with E-state index in [4.69, 9.17) is 13.9 Å². The minimum Gasteiger partial charge on any atom is -0.497 e. The predicted molar refractivity (Wildman–Crippen MR) is 103 cm³/mol. The van der Waals surface area contributed by atoms with E-state index in [0.29, 0.717) is 33.9 Å². The SMILES string of the molecule is COc1ccc2c(COC(=O)c3cnn(C4CCCCC4)c3)cc(=O)oc2c1. The van der Waals surface area contributed by atoms with Crippen molar-refractivity contribution in [3.05, 3.63) is 58.2 Å². The van der Waals surface area contributed by atoms with Crippen LogP contribution < -0.4 is 10.4 Å². The zero-order valence-electron chi connectivity index (χ0n) is 15.7. The molecule has 7 heteroatoms. The fourth-order valence-electron chi connectivity index (χ4n) is 3.67. The van der Waals surface area contributed by atoms with Crippen LogP contribution in [0.2, 0.25) is 0 Å². The smallest absolute Gasteiger partial charge is 0.341 e. The van der Waals surface area contributed by atoms with Gasteiger partial charge in [-0.1, -0.05) is 19.3 Å². The van der Waals surface area contributed by atoms with E-state index in [1.165, 1.54) is 25.3 Å². The van der Waals surface area contributed by atoms with Crippen LogP contribution in [0.3, 0.4) is 0 Å². The van der Waals surface area contributed by atoms with E-state index in [2.05, 4.69) is 5.10 Å². The first-order valence-corrected chi connectivity index (χ1v) is 9.46. The van der Waals surface area contributed by atoms with Crippen LogP contribution >= 0.6 is 0 Å². The minimum absolute atomic E-state index is 0.0259. The van der Waals surface area contributed by atoms with E-state index in [0.717, 1.165) is 12.8 Å². The molecule has 3 aromatic rings. The van der Waals surface area contributed by atoms with E-state index in [1.54, 1.807) is 37.7 Å². The number of rotatable bonds is 5. The van der Waals surface area contributed by atoms with Crippen molar-refractivity contribution in [2.24, 2.45) is 0 Å². The lowest BCUT2D eigenvalue weighted by atomic mass is 9.96. The molecule has 146 valence electrons. The van der Waals surface area contributed by atoms with Crippen molar-refractivity contribution in [3.63, 3.8) is 0 Å². The highest BCUT2D eigenvalue weighted by Gasteiger charge is 2.19. The number of ether oxygens (including phenoxy) is 2. The van der Waals surface area contributed by atoms with Gasteiger partial charge in [0.05, 0.1) is 24.9 Å². The molecule has 28 heavy (non-hydrogen) atoms. The van der Waals surface area contributed by atoms with Gasteiger partial charge >= 0.3 is 11.6 Å². The monoisotopic (exact) mass is 382 g/mol. The Morgan fingerprint density at radius 3 is 2.86 bits per heavy atom. The summed E-state index contributed by atoms with van der Waals surface area (Å²) in [7, 11) is 1.54. The second-order valence-corrected chi connectivity index (χ2v) is 7.03. The first-order valence-electron chi connectivity index (χ1n) is 9.46. The number of carbonyl (C=O) groups is 1. The minimum atomic E-state index is -0.503. The molecule has 0 amide bonds. The van der Waals surface area contributed by atoms with E-state index < -0.39 is 11.6 Å². The summed E-state index contributed by atoms with van der Waals surface area (Å²) in [4.78, 5) is 24.3. The Bertz CT molecular complexity index is 1050. The molecule has 4 rings (SSSR count). The maximum absolute atomic E-state index is 12.4. The van der Waals surface area contributed by atoms with Crippen molar-refractivity contribution in [2.45, 2.75) is 44.8 Å². The van der Waals surface area contributed by atoms with Crippen molar-refractivity contribution in [1.82, 2.24) is 9.78 Å². The summed E-state index contributed by atoms with van der Waals surface area (Å²) in [6.07, 6.45) is 9.12. The fourth-order valence-corrected chi connectivity index (χ4v) is 3.67. The molecule has 0 bridgehead atoms. The highest BCUT2D eigenvalue weighted by atomic mass is 16.5. The molecule has 0 aliphatic heterocycles. The summed E-state index contributed by atoms with van der Waals surface area (Å²) in [6.45, 7) is -0.0259. The number of carbonyl (C=O) groups excluding carboxylic acids is 1. The van der Waals surface area contributed by atoms with Gasteiger partial charge in [-0.2, -0.15) is 5.10 Å². The van der Waals surface area contributed by atoms with Gasteiger partial charge in [0.15, 0.2) is 0 Å². The van der Waals surface area contributed by atoms with Crippen LogP contribution in [0.25, 0.3) is 11.0 Å². The Labute approximate surface area is 161 Å². The average Bonchev–Trinajstić information content (AvgIpc) is 3.22. The zero-order chi connectivity index (χ0) is 19.5. The van der Waals surface area contributed by atoms with E-state index in [1.807, 2.05) is 4.68 Å². The van der Waals surface area contributed by atoms with Crippen LogP contribution in [0.1, 0.15) is 54.1 Å². The second-order valence-electron chi connectivity index (χ2n) is 7.03. The highest BCUT2D eigenvalue weighted by Crippen LogP contribution is 2.28. The Kier molecular flexibility index (Phi) is 5.14. The van der Waals surface area contributed by atoms with Crippen LogP contribution in [0.4, 0.5) is 0 Å². The molecule has 2 heterocycles. The number of aromatic nitrogens is 2.